The molecule has 0 fully saturated rings. The van der Waals surface area contributed by atoms with Crippen molar-refractivity contribution >= 4 is 12.0 Å². The lowest BCUT2D eigenvalue weighted by Gasteiger charge is -2.41. The first-order valence-corrected chi connectivity index (χ1v) is 6.83. The topological polar surface area (TPSA) is 69.6 Å². The van der Waals surface area contributed by atoms with Gasteiger partial charge in [-0.3, -0.25) is 4.79 Å². The highest BCUT2D eigenvalue weighted by Crippen LogP contribution is 2.31. The van der Waals surface area contributed by atoms with Crippen LogP contribution in [0.1, 0.15) is 54.9 Å². The molecule has 5 nitrogen and oxygen atoms in total. The van der Waals surface area contributed by atoms with Crippen LogP contribution in [0.5, 0.6) is 0 Å². The number of nitrogens with one attached hydrogen (secondary N) is 1. The molecule has 0 heterocycles. The summed E-state index contributed by atoms with van der Waals surface area (Å²) < 4.78 is 0. The van der Waals surface area contributed by atoms with E-state index in [2.05, 4.69) is 5.32 Å². The van der Waals surface area contributed by atoms with Gasteiger partial charge in [-0.25, -0.2) is 4.79 Å². The first kappa shape index (κ1) is 17.7. The molecule has 0 radical (unpaired) electrons. The van der Waals surface area contributed by atoms with E-state index in [1.807, 2.05) is 20.8 Å². The van der Waals surface area contributed by atoms with E-state index in [9.17, 15) is 14.7 Å². The minimum absolute atomic E-state index is 0.133. The maximum absolute atomic E-state index is 12.3. The molecule has 0 bridgehead atoms. The predicted octanol–water partition coefficient (Wildman–Crippen LogP) is 2.71. The molecule has 112 valence electrons. The second-order valence-electron chi connectivity index (χ2n) is 6.03. The molecule has 1 unspecified atom stereocenters. The third kappa shape index (κ3) is 3.85. The Balaban J connectivity index is 5.02. The fourth-order valence-corrected chi connectivity index (χ4v) is 1.64. The first-order valence-electron chi connectivity index (χ1n) is 6.83. The minimum Gasteiger partial charge on any atom is -0.481 e. The average Bonchev–Trinajstić information content (AvgIpc) is 2.28. The summed E-state index contributed by atoms with van der Waals surface area (Å²) in [6, 6.07) is -0.0788. The van der Waals surface area contributed by atoms with Crippen molar-refractivity contribution in [2.75, 3.05) is 6.54 Å². The third-order valence-corrected chi connectivity index (χ3v) is 4.24. The Morgan fingerprint density at radius 2 is 1.68 bits per heavy atom. The van der Waals surface area contributed by atoms with Crippen LogP contribution < -0.4 is 5.32 Å². The molecule has 2 amide bonds. The van der Waals surface area contributed by atoms with Gasteiger partial charge in [-0.2, -0.15) is 0 Å². The molecule has 0 aliphatic carbocycles. The fraction of sp³-hybridized carbons (Fsp3) is 0.857. The number of hydrogen-bond acceptors (Lipinski definition) is 2. The molecule has 0 rings (SSSR count). The standard InChI is InChI=1S/C14H28N2O3/c1-8-10(3)16(9-2)12(19)15-14(6,7)13(4,5)11(17)18/h10H,8-9H2,1-7H3,(H,15,19)(H,17,18). The quantitative estimate of drug-likeness (QED) is 0.781. The van der Waals surface area contributed by atoms with E-state index in [4.69, 9.17) is 0 Å². The van der Waals surface area contributed by atoms with E-state index in [1.54, 1.807) is 32.6 Å². The fourth-order valence-electron chi connectivity index (χ4n) is 1.64. The van der Waals surface area contributed by atoms with Crippen LogP contribution in [0.15, 0.2) is 0 Å². The zero-order valence-electron chi connectivity index (χ0n) is 13.2. The predicted molar refractivity (Wildman–Crippen MR) is 76.2 cm³/mol. The van der Waals surface area contributed by atoms with Crippen molar-refractivity contribution in [2.45, 2.75) is 66.5 Å². The van der Waals surface area contributed by atoms with E-state index in [-0.39, 0.29) is 12.1 Å². The molecule has 1 atom stereocenters. The lowest BCUT2D eigenvalue weighted by molar-refractivity contribution is -0.150. The average molecular weight is 272 g/mol. The number of amides is 2. The summed E-state index contributed by atoms with van der Waals surface area (Å²) in [7, 11) is 0. The number of carbonyl (C=O) groups is 2. The monoisotopic (exact) mass is 272 g/mol. The van der Waals surface area contributed by atoms with Gasteiger partial charge in [0.1, 0.15) is 0 Å². The number of rotatable bonds is 6. The Hall–Kier alpha value is -1.26. The summed E-state index contributed by atoms with van der Waals surface area (Å²) in [5, 5.41) is 12.1. The Morgan fingerprint density at radius 1 is 1.21 bits per heavy atom. The summed E-state index contributed by atoms with van der Waals surface area (Å²) >= 11 is 0. The normalized spacial score (nSPS) is 13.8. The molecular weight excluding hydrogens is 244 g/mol. The SMILES string of the molecule is CCC(C)N(CC)C(=O)NC(C)(C)C(C)(C)C(=O)O. The molecule has 0 spiro atoms. The Morgan fingerprint density at radius 3 is 2.00 bits per heavy atom. The zero-order chi connectivity index (χ0) is 15.4. The summed E-state index contributed by atoms with van der Waals surface area (Å²) in [6.45, 7) is 13.2. The van der Waals surface area contributed by atoms with Gasteiger partial charge in [-0.1, -0.05) is 6.92 Å². The van der Waals surface area contributed by atoms with Crippen molar-refractivity contribution in [3.63, 3.8) is 0 Å². The number of carboxylic acid groups (broad SMARTS) is 1. The summed E-state index contributed by atoms with van der Waals surface area (Å²) in [5.41, 5.74) is -1.88. The molecule has 5 heteroatoms. The van der Waals surface area contributed by atoms with Crippen molar-refractivity contribution in [3.05, 3.63) is 0 Å². The highest BCUT2D eigenvalue weighted by molar-refractivity contribution is 5.79. The summed E-state index contributed by atoms with van der Waals surface area (Å²) in [6.07, 6.45) is 0.865. The van der Waals surface area contributed by atoms with E-state index in [1.165, 1.54) is 0 Å². The van der Waals surface area contributed by atoms with Crippen molar-refractivity contribution < 1.29 is 14.7 Å². The third-order valence-electron chi connectivity index (χ3n) is 4.24. The number of carboxylic acids is 1. The van der Waals surface area contributed by atoms with E-state index in [0.29, 0.717) is 6.54 Å². The molecule has 0 saturated heterocycles. The van der Waals surface area contributed by atoms with Crippen LogP contribution in [0.25, 0.3) is 0 Å². The highest BCUT2D eigenvalue weighted by Gasteiger charge is 2.45. The first-order chi connectivity index (χ1) is 8.51. The Labute approximate surface area is 116 Å². The summed E-state index contributed by atoms with van der Waals surface area (Å²) in [5.74, 6) is -0.926. The van der Waals surface area contributed by atoms with Crippen LogP contribution in [0.4, 0.5) is 4.79 Å². The van der Waals surface area contributed by atoms with Crippen LogP contribution in [0, 0.1) is 5.41 Å². The number of nitrogens with zero attached hydrogens (tertiary/aromatic N) is 1. The lowest BCUT2D eigenvalue weighted by atomic mass is 9.74. The van der Waals surface area contributed by atoms with Crippen LogP contribution in [-0.4, -0.2) is 40.1 Å². The van der Waals surface area contributed by atoms with Crippen molar-refractivity contribution in [2.24, 2.45) is 5.41 Å². The maximum Gasteiger partial charge on any atom is 0.318 e. The van der Waals surface area contributed by atoms with Gasteiger partial charge in [0.05, 0.1) is 11.0 Å². The Kier molecular flexibility index (Phi) is 5.84. The molecular formula is C14H28N2O3. The molecule has 0 aromatic rings. The van der Waals surface area contributed by atoms with Gasteiger partial charge in [0.25, 0.3) is 0 Å². The van der Waals surface area contributed by atoms with Crippen molar-refractivity contribution in [1.82, 2.24) is 10.2 Å². The van der Waals surface area contributed by atoms with Gasteiger partial charge in [0.15, 0.2) is 0 Å². The highest BCUT2D eigenvalue weighted by atomic mass is 16.4. The lowest BCUT2D eigenvalue weighted by Crippen LogP contribution is -2.60. The van der Waals surface area contributed by atoms with Gasteiger partial charge in [0, 0.05) is 12.6 Å². The molecule has 2 N–H and O–H groups in total. The van der Waals surface area contributed by atoms with Crippen LogP contribution in [0.2, 0.25) is 0 Å². The summed E-state index contributed by atoms with van der Waals surface area (Å²) in [4.78, 5) is 25.3. The molecule has 0 aromatic heterocycles. The molecule has 0 saturated carbocycles. The number of carbonyl (C=O) groups excluding carboxylic acids is 1. The Bertz CT molecular complexity index is 338. The van der Waals surface area contributed by atoms with Crippen molar-refractivity contribution in [1.29, 1.82) is 0 Å². The van der Waals surface area contributed by atoms with E-state index >= 15 is 0 Å². The zero-order valence-corrected chi connectivity index (χ0v) is 13.2. The smallest absolute Gasteiger partial charge is 0.318 e. The van der Waals surface area contributed by atoms with Crippen LogP contribution in [0.3, 0.4) is 0 Å². The number of hydrogen-bond donors (Lipinski definition) is 2. The van der Waals surface area contributed by atoms with Gasteiger partial charge < -0.3 is 15.3 Å². The number of aliphatic carboxylic acids is 1. The van der Waals surface area contributed by atoms with Crippen LogP contribution in [-0.2, 0) is 4.79 Å². The van der Waals surface area contributed by atoms with Crippen molar-refractivity contribution in [3.8, 4) is 0 Å². The second-order valence-corrected chi connectivity index (χ2v) is 6.03. The van der Waals surface area contributed by atoms with Gasteiger partial charge >= 0.3 is 12.0 Å². The maximum atomic E-state index is 12.3. The molecule has 19 heavy (non-hydrogen) atoms. The second kappa shape index (κ2) is 6.26. The van der Waals surface area contributed by atoms with Crippen LogP contribution >= 0.6 is 0 Å². The largest absolute Gasteiger partial charge is 0.481 e. The molecule has 0 aliphatic heterocycles. The minimum atomic E-state index is -1.04. The van der Waals surface area contributed by atoms with Gasteiger partial charge in [-0.15, -0.1) is 0 Å². The van der Waals surface area contributed by atoms with E-state index in [0.717, 1.165) is 6.42 Å². The molecule has 0 aliphatic rings. The van der Waals surface area contributed by atoms with E-state index < -0.39 is 16.9 Å². The molecule has 0 aromatic carbocycles. The van der Waals surface area contributed by atoms with Gasteiger partial charge in [-0.05, 0) is 48.0 Å². The van der Waals surface area contributed by atoms with Gasteiger partial charge in [0.2, 0.25) is 0 Å². The number of urea groups is 1.